The van der Waals surface area contributed by atoms with Gasteiger partial charge in [0.1, 0.15) is 0 Å². The minimum absolute atomic E-state index is 0.000555. The number of benzene rings is 3. The first-order valence-corrected chi connectivity index (χ1v) is 19.3. The molecule has 4 atom stereocenters. The lowest BCUT2D eigenvalue weighted by Gasteiger charge is -2.32. The normalized spacial score (nSPS) is 22.4. The van der Waals surface area contributed by atoms with Gasteiger partial charge >= 0.3 is 0 Å². The third-order valence-electron chi connectivity index (χ3n) is 9.24. The fraction of sp³-hybridized carbons (Fsp3) is 0.353. The lowest BCUT2D eigenvalue weighted by molar-refractivity contribution is -0.146. The maximum absolute atomic E-state index is 14.7. The van der Waals surface area contributed by atoms with Crippen LogP contribution < -0.4 is 9.80 Å². The number of carbonyl (C=O) groups is 2. The van der Waals surface area contributed by atoms with E-state index < -0.39 is 13.9 Å². The molecule has 2 aliphatic rings. The van der Waals surface area contributed by atoms with Gasteiger partial charge in [-0.05, 0) is 67.5 Å². The maximum Gasteiger partial charge on any atom is 0.264 e. The van der Waals surface area contributed by atoms with Gasteiger partial charge in [0.25, 0.3) is 5.91 Å². The number of hydrogen-bond acceptors (Lipinski definition) is 7. The van der Waals surface area contributed by atoms with Gasteiger partial charge in [0.05, 0.1) is 24.0 Å². The molecule has 0 radical (unpaired) electrons. The van der Waals surface area contributed by atoms with Gasteiger partial charge in [-0.1, -0.05) is 58.4 Å². The van der Waals surface area contributed by atoms with E-state index in [4.69, 9.17) is 4.74 Å². The molecule has 3 heterocycles. The predicted molar refractivity (Wildman–Crippen MR) is 181 cm³/mol. The van der Waals surface area contributed by atoms with Crippen LogP contribution in [0.2, 0.25) is 18.6 Å². The van der Waals surface area contributed by atoms with E-state index in [0.29, 0.717) is 31.6 Å². The number of anilines is 3. The van der Waals surface area contributed by atoms with Crippen molar-refractivity contribution in [2.24, 2.45) is 5.92 Å². The summed E-state index contributed by atoms with van der Waals surface area (Å²) in [6, 6.07) is 22.9. The summed E-state index contributed by atoms with van der Waals surface area (Å²) in [5.41, 5.74) is 3.21. The molecule has 10 nitrogen and oxygen atoms in total. The standard InChI is InChI=1S/C34H38BrN5O5Si/c1-23-32(46(2,3)44)31(15-17-38-21-26(16-18-41)36-37-38)45-34(23)29-19-25(35)11-14-30(29)39(33(34)43)20-24-9-12-28(13-10-24)40(22-42)27-7-5-4-6-8-27/h4-14,19,21-23,31-32,41,44H,15-18,20H2,1-3H3/t23-,31+,32-,34+/m0/s1. The van der Waals surface area contributed by atoms with Crippen LogP contribution in [0.3, 0.4) is 0 Å². The molecule has 6 rings (SSSR count). The summed E-state index contributed by atoms with van der Waals surface area (Å²) in [4.78, 5) is 41.6. The minimum Gasteiger partial charge on any atom is -0.432 e. The third kappa shape index (κ3) is 5.84. The summed E-state index contributed by atoms with van der Waals surface area (Å²) in [6.07, 6.45) is 3.20. The number of fused-ring (bicyclic) bond motifs is 2. The van der Waals surface area contributed by atoms with Crippen molar-refractivity contribution >= 4 is 53.6 Å². The summed E-state index contributed by atoms with van der Waals surface area (Å²) < 4.78 is 9.50. The lowest BCUT2D eigenvalue weighted by atomic mass is 9.82. The summed E-state index contributed by atoms with van der Waals surface area (Å²) in [5.74, 6) is -0.433. The molecule has 1 spiro atoms. The van der Waals surface area contributed by atoms with Gasteiger partial charge < -0.3 is 19.5 Å². The van der Waals surface area contributed by atoms with E-state index >= 15 is 0 Å². The molecule has 1 saturated heterocycles. The first-order valence-electron chi connectivity index (χ1n) is 15.5. The molecule has 0 saturated carbocycles. The van der Waals surface area contributed by atoms with Gasteiger partial charge in [-0.3, -0.25) is 19.2 Å². The predicted octanol–water partition coefficient (Wildman–Crippen LogP) is 5.30. The molecule has 0 aliphatic carbocycles. The highest BCUT2D eigenvalue weighted by molar-refractivity contribution is 9.10. The molecule has 0 unspecified atom stereocenters. The summed E-state index contributed by atoms with van der Waals surface area (Å²) in [6.45, 7) is 6.68. The van der Waals surface area contributed by atoms with E-state index in [2.05, 4.69) is 26.2 Å². The van der Waals surface area contributed by atoms with Crippen LogP contribution in [0.25, 0.3) is 0 Å². The highest BCUT2D eigenvalue weighted by Gasteiger charge is 2.66. The zero-order chi connectivity index (χ0) is 32.6. The van der Waals surface area contributed by atoms with E-state index in [9.17, 15) is 19.5 Å². The van der Waals surface area contributed by atoms with Gasteiger partial charge in [0.15, 0.2) is 13.9 Å². The number of para-hydroxylation sites is 1. The fourth-order valence-electron chi connectivity index (χ4n) is 7.22. The quantitative estimate of drug-likeness (QED) is 0.161. The molecule has 1 fully saturated rings. The Morgan fingerprint density at radius 1 is 1.09 bits per heavy atom. The largest absolute Gasteiger partial charge is 0.432 e. The first kappa shape index (κ1) is 32.3. The second-order valence-electron chi connectivity index (χ2n) is 12.6. The molecule has 1 aromatic heterocycles. The van der Waals surface area contributed by atoms with Gasteiger partial charge in [-0.25, -0.2) is 0 Å². The summed E-state index contributed by atoms with van der Waals surface area (Å²) in [5, 5.41) is 17.6. The topological polar surface area (TPSA) is 121 Å². The van der Waals surface area contributed by atoms with E-state index in [1.807, 2.05) is 99.0 Å². The van der Waals surface area contributed by atoms with Crippen molar-refractivity contribution in [2.75, 3.05) is 16.4 Å². The molecule has 46 heavy (non-hydrogen) atoms. The van der Waals surface area contributed by atoms with Crippen LogP contribution in [0.4, 0.5) is 17.1 Å². The number of carbonyl (C=O) groups excluding carboxylic acids is 2. The van der Waals surface area contributed by atoms with E-state index in [0.717, 1.165) is 39.1 Å². The van der Waals surface area contributed by atoms with Crippen LogP contribution in [0, 0.1) is 5.92 Å². The molecule has 4 aromatic rings. The molecule has 0 bridgehead atoms. The molecule has 2 N–H and O–H groups in total. The molecule has 2 aliphatic heterocycles. The SMILES string of the molecule is C[C@H]1[C@H]([Si](C)(C)O)[C@@H](CCn2cc(CCO)nn2)O[C@]12C(=O)N(Cc1ccc(N(C=O)c3ccccc3)cc1)c1ccc(Br)cc12. The van der Waals surface area contributed by atoms with Crippen molar-refractivity contribution < 1.29 is 24.2 Å². The number of aryl methyl sites for hydroxylation is 1. The van der Waals surface area contributed by atoms with Crippen molar-refractivity contribution in [1.29, 1.82) is 0 Å². The average molecular weight is 705 g/mol. The molecule has 240 valence electrons. The van der Waals surface area contributed by atoms with Crippen molar-refractivity contribution in [3.8, 4) is 0 Å². The number of rotatable bonds is 11. The number of ether oxygens (including phenoxy) is 1. The van der Waals surface area contributed by atoms with E-state index in [1.165, 1.54) is 0 Å². The van der Waals surface area contributed by atoms with Crippen LogP contribution in [0.1, 0.15) is 30.2 Å². The zero-order valence-corrected chi connectivity index (χ0v) is 28.7. The van der Waals surface area contributed by atoms with Crippen molar-refractivity contribution in [2.45, 2.75) is 63.2 Å². The Labute approximate surface area is 277 Å². The molecular formula is C34H38BrN5O5Si. The van der Waals surface area contributed by atoms with Crippen LogP contribution >= 0.6 is 15.9 Å². The maximum atomic E-state index is 14.7. The Hall–Kier alpha value is -3.68. The van der Waals surface area contributed by atoms with E-state index in [1.54, 1.807) is 14.5 Å². The highest BCUT2D eigenvalue weighted by atomic mass is 79.9. The van der Waals surface area contributed by atoms with Gasteiger partial charge in [0.2, 0.25) is 6.41 Å². The minimum atomic E-state index is -2.82. The number of hydrogen-bond donors (Lipinski definition) is 2. The Morgan fingerprint density at radius 3 is 2.48 bits per heavy atom. The number of aromatic nitrogens is 3. The Balaban J connectivity index is 1.30. The molecule has 12 heteroatoms. The van der Waals surface area contributed by atoms with Crippen LogP contribution in [-0.4, -0.2) is 58.2 Å². The highest BCUT2D eigenvalue weighted by Crippen LogP contribution is 2.60. The number of halogens is 1. The van der Waals surface area contributed by atoms with Crippen molar-refractivity contribution in [1.82, 2.24) is 15.0 Å². The average Bonchev–Trinajstić information content (AvgIpc) is 3.68. The van der Waals surface area contributed by atoms with Crippen molar-refractivity contribution in [3.05, 3.63) is 100 Å². The number of nitrogens with zero attached hydrogens (tertiary/aromatic N) is 5. The second-order valence-corrected chi connectivity index (χ2v) is 17.5. The van der Waals surface area contributed by atoms with Crippen molar-refractivity contribution in [3.63, 3.8) is 0 Å². The Bertz CT molecular complexity index is 1710. The fourth-order valence-corrected chi connectivity index (χ4v) is 10.2. The van der Waals surface area contributed by atoms with Gasteiger partial charge in [0, 0.05) is 58.6 Å². The monoisotopic (exact) mass is 703 g/mol. The smallest absolute Gasteiger partial charge is 0.264 e. The van der Waals surface area contributed by atoms with E-state index in [-0.39, 0.29) is 30.1 Å². The molecule has 2 amide bonds. The first-order chi connectivity index (χ1) is 22.1. The second kappa shape index (κ2) is 12.8. The molecular weight excluding hydrogens is 666 g/mol. The van der Waals surface area contributed by atoms with Crippen LogP contribution in [0.5, 0.6) is 0 Å². The number of aliphatic hydroxyl groups excluding tert-OH is 1. The van der Waals surface area contributed by atoms with Crippen LogP contribution in [-0.2, 0) is 39.4 Å². The Morgan fingerprint density at radius 2 is 1.80 bits per heavy atom. The number of amides is 2. The van der Waals surface area contributed by atoms with Gasteiger partial charge in [-0.15, -0.1) is 5.10 Å². The van der Waals surface area contributed by atoms with Crippen LogP contribution in [0.15, 0.2) is 83.5 Å². The third-order valence-corrected chi connectivity index (χ3v) is 12.2. The summed E-state index contributed by atoms with van der Waals surface area (Å²) in [7, 11) is -2.82. The zero-order valence-electron chi connectivity index (χ0n) is 26.1. The lowest BCUT2D eigenvalue weighted by Crippen LogP contribution is -2.46. The van der Waals surface area contributed by atoms with Gasteiger partial charge in [-0.2, -0.15) is 0 Å². The number of aliphatic hydroxyl groups is 1. The summed E-state index contributed by atoms with van der Waals surface area (Å²) >= 11 is 3.62. The molecule has 3 aromatic carbocycles. The Kier molecular flexibility index (Phi) is 9.01.